The normalized spacial score (nSPS) is 26.3. The van der Waals surface area contributed by atoms with E-state index in [4.69, 9.17) is 28.7 Å². The molecule has 0 spiro atoms. The zero-order valence-corrected chi connectivity index (χ0v) is 25.5. The number of hydrogen-bond acceptors (Lipinski definition) is 14. The summed E-state index contributed by atoms with van der Waals surface area (Å²) in [5, 5.41) is 28.7. The van der Waals surface area contributed by atoms with Gasteiger partial charge in [-0.15, -0.1) is 0 Å². The first-order chi connectivity index (χ1) is 22.2. The lowest BCUT2D eigenvalue weighted by atomic mass is 10.0. The highest BCUT2D eigenvalue weighted by atomic mass is 16.3. The molecule has 8 amide bonds. The van der Waals surface area contributed by atoms with Crippen molar-refractivity contribution in [2.45, 2.75) is 61.9 Å². The van der Waals surface area contributed by atoms with Gasteiger partial charge >= 0.3 is 6.03 Å². The van der Waals surface area contributed by atoms with E-state index in [2.05, 4.69) is 42.2 Å². The summed E-state index contributed by atoms with van der Waals surface area (Å²) < 4.78 is 0. The highest BCUT2D eigenvalue weighted by molar-refractivity contribution is 6.02. The lowest BCUT2D eigenvalue weighted by Gasteiger charge is -2.29. The molecule has 0 aromatic carbocycles. The van der Waals surface area contributed by atoms with E-state index in [-0.39, 0.29) is 25.3 Å². The molecule has 1 fully saturated rings. The van der Waals surface area contributed by atoms with E-state index in [0.717, 1.165) is 6.20 Å². The quantitative estimate of drug-likeness (QED) is 0.0963. The predicted octanol–water partition coefficient (Wildman–Crippen LogP) is -8.23. The van der Waals surface area contributed by atoms with Gasteiger partial charge in [-0.3, -0.25) is 28.8 Å². The molecule has 2 heterocycles. The maximum absolute atomic E-state index is 13.5. The van der Waals surface area contributed by atoms with Crippen molar-refractivity contribution >= 4 is 47.4 Å². The number of amides is 8. The number of rotatable bonds is 10. The van der Waals surface area contributed by atoms with Crippen LogP contribution < -0.4 is 71.2 Å². The number of aliphatic hydroxyl groups excluding tert-OH is 1. The van der Waals surface area contributed by atoms with Crippen LogP contribution in [0.25, 0.3) is 0 Å². The molecule has 0 radical (unpaired) electrons. The first-order valence-corrected chi connectivity index (χ1v) is 14.7. The van der Waals surface area contributed by atoms with E-state index in [0.29, 0.717) is 19.4 Å². The Morgan fingerprint density at radius 3 is 2.36 bits per heavy atom. The lowest BCUT2D eigenvalue weighted by Crippen LogP contribution is -2.62. The number of hydrogen-bond donors (Lipinski definition) is 14. The molecule has 0 aliphatic carbocycles. The Kier molecular flexibility index (Phi) is 15.2. The van der Waals surface area contributed by atoms with Gasteiger partial charge in [0.1, 0.15) is 29.9 Å². The second kappa shape index (κ2) is 18.8. The molecule has 2 rings (SSSR count). The first kappa shape index (κ1) is 38.1. The summed E-state index contributed by atoms with van der Waals surface area (Å²) in [5.74, 6) is -5.65. The van der Waals surface area contributed by atoms with Crippen LogP contribution in [-0.2, 0) is 28.8 Å². The van der Waals surface area contributed by atoms with Crippen LogP contribution in [0.3, 0.4) is 0 Å². The Bertz CT molecular complexity index is 1240. The fourth-order valence-electron chi connectivity index (χ4n) is 4.33. The molecule has 6 atom stereocenters. The molecule has 19 N–H and O–H groups in total. The number of guanidine groups is 1. The minimum atomic E-state index is -1.63. The van der Waals surface area contributed by atoms with Crippen LogP contribution in [0.1, 0.15) is 25.7 Å². The van der Waals surface area contributed by atoms with E-state index in [9.17, 15) is 38.7 Å². The van der Waals surface area contributed by atoms with Crippen LogP contribution in [0.15, 0.2) is 16.9 Å². The maximum atomic E-state index is 13.5. The third-order valence-corrected chi connectivity index (χ3v) is 6.88. The standard InChI is InChI=1S/C25H44N14O8/c26-4-1-2-11(27)6-17(41)32-8-14-20(43)35-15(9-34-25(30)47)21(44)39-18(13-3-5-31-24(29)38-13)23(46)33-7-12(28)19(42)37-16(10-40)22(45)36-14/h9,11-14,16,18,40H,1-8,10,26-28H2,(H,32,41)(H,33,46)(H,35,43)(H,36,45)(H,37,42)(H,39,44)(H3,29,31,38)(H3,30,34,47)/b15-9-/t11?,12-,13+,14?,16-,18?/m0/s1. The Morgan fingerprint density at radius 1 is 1.02 bits per heavy atom. The zero-order chi connectivity index (χ0) is 35.1. The summed E-state index contributed by atoms with van der Waals surface area (Å²) in [6.45, 7) is -1.28. The largest absolute Gasteiger partial charge is 0.394 e. The van der Waals surface area contributed by atoms with Crippen molar-refractivity contribution in [3.8, 4) is 0 Å². The number of aliphatic imine (C=N–C) groups is 1. The minimum absolute atomic E-state index is 0.0120. The first-order valence-electron chi connectivity index (χ1n) is 14.7. The van der Waals surface area contributed by atoms with E-state index in [1.54, 1.807) is 0 Å². The van der Waals surface area contributed by atoms with Gasteiger partial charge in [0.25, 0.3) is 5.91 Å². The number of primary amides is 1. The summed E-state index contributed by atoms with van der Waals surface area (Å²) in [6, 6.07) is -8.68. The van der Waals surface area contributed by atoms with E-state index < -0.39 is 103 Å². The predicted molar refractivity (Wildman–Crippen MR) is 165 cm³/mol. The highest BCUT2D eigenvalue weighted by Gasteiger charge is 2.35. The van der Waals surface area contributed by atoms with Crippen molar-refractivity contribution in [3.05, 3.63) is 11.9 Å². The molecule has 0 aromatic heterocycles. The Balaban J connectivity index is 2.47. The van der Waals surface area contributed by atoms with Gasteiger partial charge in [-0.1, -0.05) is 0 Å². The molecule has 22 heteroatoms. The molecule has 0 bridgehead atoms. The number of nitrogens with zero attached hydrogens (tertiary/aromatic N) is 1. The highest BCUT2D eigenvalue weighted by Crippen LogP contribution is 2.09. The van der Waals surface area contributed by atoms with Crippen molar-refractivity contribution in [3.63, 3.8) is 0 Å². The molecule has 22 nitrogen and oxygen atoms in total. The van der Waals surface area contributed by atoms with Crippen molar-refractivity contribution in [2.75, 3.05) is 32.8 Å². The maximum Gasteiger partial charge on any atom is 0.316 e. The summed E-state index contributed by atoms with van der Waals surface area (Å²) in [5.41, 5.74) is 27.6. The molecule has 2 aliphatic heterocycles. The van der Waals surface area contributed by atoms with Gasteiger partial charge < -0.3 is 76.3 Å². The van der Waals surface area contributed by atoms with E-state index >= 15 is 0 Å². The van der Waals surface area contributed by atoms with Crippen LogP contribution in [0.2, 0.25) is 0 Å². The second-order valence-corrected chi connectivity index (χ2v) is 10.7. The summed E-state index contributed by atoms with van der Waals surface area (Å²) >= 11 is 0. The number of nitrogens with two attached hydrogens (primary N) is 5. The molecule has 3 unspecified atom stereocenters. The lowest BCUT2D eigenvalue weighted by molar-refractivity contribution is -0.134. The van der Waals surface area contributed by atoms with E-state index in [1.165, 1.54) is 0 Å². The fourth-order valence-corrected chi connectivity index (χ4v) is 4.33. The monoisotopic (exact) mass is 668 g/mol. The molecule has 0 saturated carbocycles. The Labute approximate surface area is 269 Å². The topological polar surface area (TPSA) is 378 Å². The molecular weight excluding hydrogens is 624 g/mol. The molecule has 2 aliphatic rings. The van der Waals surface area contributed by atoms with Gasteiger partial charge in [0.15, 0.2) is 5.96 Å². The third kappa shape index (κ3) is 12.7. The number of aliphatic hydroxyl groups is 1. The van der Waals surface area contributed by atoms with Crippen molar-refractivity contribution in [2.24, 2.45) is 33.7 Å². The fraction of sp³-hybridized carbons (Fsp3) is 0.600. The van der Waals surface area contributed by atoms with Crippen molar-refractivity contribution in [1.82, 2.24) is 42.5 Å². The second-order valence-electron chi connectivity index (χ2n) is 10.7. The van der Waals surface area contributed by atoms with Crippen LogP contribution in [-0.4, -0.2) is 122 Å². The molecule has 262 valence electrons. The molecule has 1 saturated heterocycles. The number of carbonyl (C=O) groups is 7. The van der Waals surface area contributed by atoms with Gasteiger partial charge in [-0.2, -0.15) is 0 Å². The third-order valence-electron chi connectivity index (χ3n) is 6.88. The van der Waals surface area contributed by atoms with Crippen molar-refractivity contribution < 1.29 is 38.7 Å². The molecule has 47 heavy (non-hydrogen) atoms. The van der Waals surface area contributed by atoms with Crippen LogP contribution in [0.4, 0.5) is 4.79 Å². The average molecular weight is 669 g/mol. The van der Waals surface area contributed by atoms with Crippen LogP contribution >= 0.6 is 0 Å². The molecule has 0 aromatic rings. The Morgan fingerprint density at radius 2 is 1.72 bits per heavy atom. The average Bonchev–Trinajstić information content (AvgIpc) is 3.02. The van der Waals surface area contributed by atoms with Gasteiger partial charge in [-0.05, 0) is 25.8 Å². The minimum Gasteiger partial charge on any atom is -0.394 e. The summed E-state index contributed by atoms with van der Waals surface area (Å²) in [7, 11) is 0. The number of urea groups is 1. The summed E-state index contributed by atoms with van der Waals surface area (Å²) in [6.07, 6.45) is 1.85. The van der Waals surface area contributed by atoms with Gasteiger partial charge in [0.2, 0.25) is 29.5 Å². The zero-order valence-electron chi connectivity index (χ0n) is 25.5. The van der Waals surface area contributed by atoms with E-state index in [1.807, 2.05) is 5.32 Å². The number of nitrogens with one attached hydrogen (secondary N) is 8. The van der Waals surface area contributed by atoms with Gasteiger partial charge in [0, 0.05) is 38.3 Å². The number of carbonyl (C=O) groups excluding carboxylic acids is 7. The molecular formula is C25H44N14O8. The SMILES string of the molecule is NCCCC(N)CC(=O)NCC1NC(=O)[C@H](CO)NC(=O)[C@@H](N)CNC(=O)C([C@H]2CCNC(N)=N2)NC(=O)/C(=C/NC(N)=O)NC1=O. The van der Waals surface area contributed by atoms with Gasteiger partial charge in [0.05, 0.1) is 12.6 Å². The van der Waals surface area contributed by atoms with Crippen LogP contribution in [0.5, 0.6) is 0 Å². The smallest absolute Gasteiger partial charge is 0.316 e. The van der Waals surface area contributed by atoms with Gasteiger partial charge in [-0.25, -0.2) is 9.79 Å². The summed E-state index contributed by atoms with van der Waals surface area (Å²) in [4.78, 5) is 94.0. The van der Waals surface area contributed by atoms with Crippen molar-refractivity contribution in [1.29, 1.82) is 0 Å². The van der Waals surface area contributed by atoms with Crippen LogP contribution in [0, 0.1) is 0 Å². The Hall–Kier alpha value is -5.06.